The van der Waals surface area contributed by atoms with E-state index in [0.717, 1.165) is 17.2 Å². The van der Waals surface area contributed by atoms with Gasteiger partial charge in [-0.2, -0.15) is 5.26 Å². The lowest BCUT2D eigenvalue weighted by atomic mass is 9.98. The Morgan fingerprint density at radius 1 is 1.46 bits per heavy atom. The zero-order valence-electron chi connectivity index (χ0n) is 7.49. The van der Waals surface area contributed by atoms with Gasteiger partial charge in [0.1, 0.15) is 0 Å². The molecule has 3 heteroatoms. The molecule has 13 heavy (non-hydrogen) atoms. The van der Waals surface area contributed by atoms with Crippen LogP contribution in [0.3, 0.4) is 0 Å². The summed E-state index contributed by atoms with van der Waals surface area (Å²) in [5.74, 6) is -0.0175. The van der Waals surface area contributed by atoms with E-state index in [1.807, 2.05) is 31.2 Å². The molecule has 0 spiro atoms. The van der Waals surface area contributed by atoms with E-state index in [1.165, 1.54) is 0 Å². The van der Waals surface area contributed by atoms with Crippen LogP contribution < -0.4 is 5.19 Å². The van der Waals surface area contributed by atoms with Gasteiger partial charge >= 0.3 is 0 Å². The molecule has 0 amide bonds. The molecule has 0 heterocycles. The minimum atomic E-state index is -0.162. The Morgan fingerprint density at radius 2 is 2.08 bits per heavy atom. The SMILES string of the molecule is CCC(C#N)c1ccc([Si]O)cc1. The van der Waals surface area contributed by atoms with Crippen molar-refractivity contribution in [3.8, 4) is 6.07 Å². The van der Waals surface area contributed by atoms with Crippen LogP contribution in [0.2, 0.25) is 0 Å². The van der Waals surface area contributed by atoms with Crippen molar-refractivity contribution in [2.24, 2.45) is 0 Å². The molecule has 1 N–H and O–H groups in total. The van der Waals surface area contributed by atoms with E-state index in [9.17, 15) is 0 Å². The first-order valence-electron chi connectivity index (χ1n) is 4.21. The van der Waals surface area contributed by atoms with Gasteiger partial charge in [0.2, 0.25) is 0 Å². The molecule has 2 nitrogen and oxygen atoms in total. The normalized spacial score (nSPS) is 12.1. The van der Waals surface area contributed by atoms with Gasteiger partial charge in [0, 0.05) is 0 Å². The predicted octanol–water partition coefficient (Wildman–Crippen LogP) is 0.941. The number of benzene rings is 1. The third-order valence-corrected chi connectivity index (χ3v) is 2.60. The van der Waals surface area contributed by atoms with Crippen molar-refractivity contribution in [3.63, 3.8) is 0 Å². The van der Waals surface area contributed by atoms with Crippen LogP contribution in [0, 0.1) is 11.3 Å². The number of nitriles is 1. The lowest BCUT2D eigenvalue weighted by Crippen LogP contribution is -2.12. The molecule has 66 valence electrons. The van der Waals surface area contributed by atoms with Crippen molar-refractivity contribution in [1.29, 1.82) is 5.26 Å². The predicted molar refractivity (Wildman–Crippen MR) is 52.7 cm³/mol. The molecular formula is C10H11NOSi. The number of rotatable bonds is 3. The van der Waals surface area contributed by atoms with Crippen molar-refractivity contribution in [3.05, 3.63) is 29.8 Å². The lowest BCUT2D eigenvalue weighted by molar-refractivity contribution is 0.615. The summed E-state index contributed by atoms with van der Waals surface area (Å²) >= 11 is 0. The van der Waals surface area contributed by atoms with E-state index in [-0.39, 0.29) is 15.7 Å². The average molecular weight is 189 g/mol. The molecule has 0 bridgehead atoms. The van der Waals surface area contributed by atoms with Gasteiger partial charge in [0.05, 0.1) is 12.0 Å². The number of hydrogen-bond acceptors (Lipinski definition) is 2. The maximum Gasteiger partial charge on any atom is 0.265 e. The standard InChI is InChI=1S/C10H11NOSi/c1-2-8(7-11)9-3-5-10(13-12)6-4-9/h3-6,8,12H,2H2,1H3. The summed E-state index contributed by atoms with van der Waals surface area (Å²) in [7, 11) is -0.162. The molecule has 0 aliphatic rings. The maximum absolute atomic E-state index is 8.84. The van der Waals surface area contributed by atoms with Gasteiger partial charge < -0.3 is 4.80 Å². The first-order valence-corrected chi connectivity index (χ1v) is 5.16. The highest BCUT2D eigenvalue weighted by molar-refractivity contribution is 6.45. The van der Waals surface area contributed by atoms with Crippen LogP contribution in [0.15, 0.2) is 24.3 Å². The highest BCUT2D eigenvalue weighted by atomic mass is 28.2. The summed E-state index contributed by atoms with van der Waals surface area (Å²) in [5.41, 5.74) is 1.03. The van der Waals surface area contributed by atoms with Gasteiger partial charge in [0.15, 0.2) is 0 Å². The summed E-state index contributed by atoms with van der Waals surface area (Å²) in [4.78, 5) is 8.84. The molecule has 2 radical (unpaired) electrons. The Morgan fingerprint density at radius 3 is 2.46 bits per heavy atom. The van der Waals surface area contributed by atoms with Crippen molar-refractivity contribution in [2.45, 2.75) is 19.3 Å². The van der Waals surface area contributed by atoms with Crippen molar-refractivity contribution < 1.29 is 4.80 Å². The molecule has 0 saturated carbocycles. The molecule has 1 rings (SSSR count). The number of hydrogen-bond donors (Lipinski definition) is 1. The van der Waals surface area contributed by atoms with E-state index in [2.05, 4.69) is 6.07 Å². The van der Waals surface area contributed by atoms with Crippen LogP contribution in [0.5, 0.6) is 0 Å². The fraction of sp³-hybridized carbons (Fsp3) is 0.300. The topological polar surface area (TPSA) is 44.0 Å². The van der Waals surface area contributed by atoms with Gasteiger partial charge in [-0.3, -0.25) is 0 Å². The van der Waals surface area contributed by atoms with Gasteiger partial charge in [0.25, 0.3) is 9.76 Å². The second-order valence-electron chi connectivity index (χ2n) is 2.82. The van der Waals surface area contributed by atoms with Crippen molar-refractivity contribution >= 4 is 14.9 Å². The monoisotopic (exact) mass is 189 g/mol. The summed E-state index contributed by atoms with van der Waals surface area (Å²) in [6.07, 6.45) is 0.831. The third kappa shape index (κ3) is 2.41. The second-order valence-corrected chi connectivity index (χ2v) is 3.62. The van der Waals surface area contributed by atoms with Crippen molar-refractivity contribution in [1.82, 2.24) is 0 Å². The average Bonchev–Trinajstić information content (AvgIpc) is 2.21. The summed E-state index contributed by atoms with van der Waals surface area (Å²) in [5, 5.41) is 9.72. The van der Waals surface area contributed by atoms with Crippen LogP contribution in [-0.4, -0.2) is 14.6 Å². The van der Waals surface area contributed by atoms with E-state index in [1.54, 1.807) is 0 Å². The Kier molecular flexibility index (Phi) is 3.68. The molecule has 1 atom stereocenters. The van der Waals surface area contributed by atoms with E-state index in [4.69, 9.17) is 10.1 Å². The molecule has 1 aromatic carbocycles. The minimum Gasteiger partial charge on any atom is -0.428 e. The van der Waals surface area contributed by atoms with Crippen LogP contribution in [-0.2, 0) is 0 Å². The quantitative estimate of drug-likeness (QED) is 0.719. The third-order valence-electron chi connectivity index (χ3n) is 2.01. The van der Waals surface area contributed by atoms with Crippen molar-refractivity contribution in [2.75, 3.05) is 0 Å². The van der Waals surface area contributed by atoms with Gasteiger partial charge in [-0.05, 0) is 17.2 Å². The smallest absolute Gasteiger partial charge is 0.265 e. The molecule has 0 aliphatic carbocycles. The lowest BCUT2D eigenvalue weighted by Gasteiger charge is -2.05. The van der Waals surface area contributed by atoms with Crippen LogP contribution in [0.4, 0.5) is 0 Å². The van der Waals surface area contributed by atoms with Gasteiger partial charge in [-0.15, -0.1) is 0 Å². The molecule has 0 fully saturated rings. The Labute approximate surface area is 80.8 Å². The summed E-state index contributed by atoms with van der Waals surface area (Å²) < 4.78 is 0. The Balaban J connectivity index is 2.86. The molecular weight excluding hydrogens is 178 g/mol. The fourth-order valence-corrected chi connectivity index (χ4v) is 1.51. The van der Waals surface area contributed by atoms with Crippen LogP contribution >= 0.6 is 0 Å². The molecule has 1 unspecified atom stereocenters. The van der Waals surface area contributed by atoms with E-state index in [0.29, 0.717) is 0 Å². The maximum atomic E-state index is 8.84. The Hall–Kier alpha value is -1.11. The highest BCUT2D eigenvalue weighted by Crippen LogP contribution is 2.16. The Bertz CT molecular complexity index is 302. The molecule has 1 aromatic rings. The minimum absolute atomic E-state index is 0.0175. The highest BCUT2D eigenvalue weighted by Gasteiger charge is 2.06. The van der Waals surface area contributed by atoms with Gasteiger partial charge in [-0.25, -0.2) is 0 Å². The van der Waals surface area contributed by atoms with E-state index >= 15 is 0 Å². The largest absolute Gasteiger partial charge is 0.428 e. The molecule has 0 saturated heterocycles. The van der Waals surface area contributed by atoms with Crippen LogP contribution in [0.25, 0.3) is 0 Å². The number of nitrogens with zero attached hydrogens (tertiary/aromatic N) is 1. The first kappa shape index (κ1) is 9.97. The molecule has 0 aliphatic heterocycles. The summed E-state index contributed by atoms with van der Waals surface area (Å²) in [6, 6.07) is 9.81. The zero-order chi connectivity index (χ0) is 9.68. The first-order chi connectivity index (χ1) is 6.31. The second kappa shape index (κ2) is 4.80. The van der Waals surface area contributed by atoms with E-state index < -0.39 is 0 Å². The van der Waals surface area contributed by atoms with Crippen LogP contribution in [0.1, 0.15) is 24.8 Å². The summed E-state index contributed by atoms with van der Waals surface area (Å²) in [6.45, 7) is 2.00. The zero-order valence-corrected chi connectivity index (χ0v) is 8.49. The van der Waals surface area contributed by atoms with Gasteiger partial charge in [-0.1, -0.05) is 31.2 Å². The fourth-order valence-electron chi connectivity index (χ4n) is 1.19. The molecule has 0 aromatic heterocycles.